The van der Waals surface area contributed by atoms with E-state index in [1.165, 1.54) is 11.6 Å². The maximum atomic E-state index is 10.7. The number of hydrogen-bond acceptors (Lipinski definition) is 3. The van der Waals surface area contributed by atoms with Gasteiger partial charge in [-0.2, -0.15) is 5.10 Å². The molecular weight excluding hydrogens is 311 g/mol. The molecule has 2 rings (SSSR count). The lowest BCUT2D eigenvalue weighted by Crippen LogP contribution is -2.06. The smallest absolute Gasteiger partial charge is 0.304 e. The van der Waals surface area contributed by atoms with E-state index < -0.39 is 0 Å². The van der Waals surface area contributed by atoms with Gasteiger partial charge in [0.05, 0.1) is 5.02 Å². The van der Waals surface area contributed by atoms with Gasteiger partial charge in [0.15, 0.2) is 6.73 Å². The Balaban J connectivity index is 2.31. The van der Waals surface area contributed by atoms with Crippen LogP contribution in [0.5, 0.6) is 0 Å². The van der Waals surface area contributed by atoms with Crippen molar-refractivity contribution in [1.29, 1.82) is 0 Å². The van der Waals surface area contributed by atoms with E-state index in [0.717, 1.165) is 0 Å². The van der Waals surface area contributed by atoms with Crippen molar-refractivity contribution in [3.8, 4) is 11.3 Å². The summed E-state index contributed by atoms with van der Waals surface area (Å²) in [7, 11) is 0. The molecular formula is C12H9Cl3N2O2. The lowest BCUT2D eigenvalue weighted by molar-refractivity contribution is -0.145. The van der Waals surface area contributed by atoms with Crippen molar-refractivity contribution in [2.75, 3.05) is 0 Å². The zero-order chi connectivity index (χ0) is 14.0. The number of rotatable bonds is 3. The van der Waals surface area contributed by atoms with Crippen LogP contribution >= 0.6 is 34.8 Å². The molecule has 0 radical (unpaired) electrons. The summed E-state index contributed by atoms with van der Waals surface area (Å²) in [5.41, 5.74) is 1.22. The van der Waals surface area contributed by atoms with Gasteiger partial charge in [0, 0.05) is 28.7 Å². The number of benzene rings is 1. The summed E-state index contributed by atoms with van der Waals surface area (Å²) in [4.78, 5) is 10.7. The summed E-state index contributed by atoms with van der Waals surface area (Å²) in [5.74, 6) is -0.390. The highest BCUT2D eigenvalue weighted by molar-refractivity contribution is 6.36. The molecule has 0 unspecified atom stereocenters. The SMILES string of the molecule is CC(=O)OCn1cc(Cl)c(-c2cc(Cl)cc(Cl)c2)n1. The normalized spacial score (nSPS) is 10.5. The fraction of sp³-hybridized carbons (Fsp3) is 0.167. The molecule has 0 fully saturated rings. The number of ether oxygens (including phenoxy) is 1. The molecule has 1 aromatic heterocycles. The van der Waals surface area contributed by atoms with Crippen molar-refractivity contribution in [3.63, 3.8) is 0 Å². The van der Waals surface area contributed by atoms with Crippen molar-refractivity contribution in [3.05, 3.63) is 39.5 Å². The standard InChI is InChI=1S/C12H9Cl3N2O2/c1-7(18)19-6-17-5-11(15)12(16-17)8-2-9(13)4-10(14)3-8/h2-5H,6H2,1H3. The van der Waals surface area contributed by atoms with Gasteiger partial charge in [0.1, 0.15) is 5.69 Å². The fourth-order valence-corrected chi connectivity index (χ4v) is 2.29. The van der Waals surface area contributed by atoms with Crippen LogP contribution < -0.4 is 0 Å². The Morgan fingerprint density at radius 3 is 2.47 bits per heavy atom. The van der Waals surface area contributed by atoms with E-state index in [1.54, 1.807) is 24.4 Å². The van der Waals surface area contributed by atoms with E-state index in [-0.39, 0.29) is 12.7 Å². The molecule has 0 aliphatic rings. The van der Waals surface area contributed by atoms with Gasteiger partial charge in [-0.3, -0.25) is 4.79 Å². The molecule has 1 heterocycles. The molecule has 0 aliphatic heterocycles. The second-order valence-electron chi connectivity index (χ2n) is 3.79. The molecule has 0 aliphatic carbocycles. The summed E-state index contributed by atoms with van der Waals surface area (Å²) >= 11 is 18.0. The molecule has 0 saturated heterocycles. The summed E-state index contributed by atoms with van der Waals surface area (Å²) < 4.78 is 6.25. The van der Waals surface area contributed by atoms with Crippen molar-refractivity contribution < 1.29 is 9.53 Å². The number of nitrogens with zero attached hydrogens (tertiary/aromatic N) is 2. The fourth-order valence-electron chi connectivity index (χ4n) is 1.51. The van der Waals surface area contributed by atoms with Gasteiger partial charge in [-0.15, -0.1) is 0 Å². The lowest BCUT2D eigenvalue weighted by Gasteiger charge is -2.02. The minimum Gasteiger partial charge on any atom is -0.443 e. The van der Waals surface area contributed by atoms with Crippen molar-refractivity contribution >= 4 is 40.8 Å². The van der Waals surface area contributed by atoms with E-state index in [1.807, 2.05) is 0 Å². The van der Waals surface area contributed by atoms with E-state index >= 15 is 0 Å². The van der Waals surface area contributed by atoms with Crippen LogP contribution in [0.15, 0.2) is 24.4 Å². The average molecular weight is 320 g/mol. The van der Waals surface area contributed by atoms with Gasteiger partial charge >= 0.3 is 5.97 Å². The molecule has 0 N–H and O–H groups in total. The summed E-state index contributed by atoms with van der Waals surface area (Å²) in [6, 6.07) is 5.03. The Labute approximate surface area is 124 Å². The van der Waals surface area contributed by atoms with Crippen LogP contribution in [0.1, 0.15) is 6.92 Å². The Morgan fingerprint density at radius 2 is 1.89 bits per heavy atom. The minimum atomic E-state index is -0.390. The van der Waals surface area contributed by atoms with Gasteiger partial charge in [0.2, 0.25) is 0 Å². The Hall–Kier alpha value is -1.23. The zero-order valence-electron chi connectivity index (χ0n) is 9.86. The first-order chi connectivity index (χ1) is 8.95. The Kier molecular flexibility index (Phi) is 4.34. The maximum absolute atomic E-state index is 10.7. The maximum Gasteiger partial charge on any atom is 0.304 e. The van der Waals surface area contributed by atoms with E-state index in [9.17, 15) is 4.79 Å². The second-order valence-corrected chi connectivity index (χ2v) is 5.07. The molecule has 1 aromatic carbocycles. The topological polar surface area (TPSA) is 44.1 Å². The third-order valence-electron chi connectivity index (χ3n) is 2.25. The Bertz CT molecular complexity index is 605. The number of hydrogen-bond donors (Lipinski definition) is 0. The average Bonchev–Trinajstić information content (AvgIpc) is 2.66. The second kappa shape index (κ2) is 5.82. The van der Waals surface area contributed by atoms with Crippen LogP contribution in [0.2, 0.25) is 15.1 Å². The number of carbonyl (C=O) groups is 1. The molecule has 0 bridgehead atoms. The van der Waals surface area contributed by atoms with Crippen LogP contribution in [0.3, 0.4) is 0 Å². The molecule has 0 spiro atoms. The third kappa shape index (κ3) is 3.62. The van der Waals surface area contributed by atoms with Crippen molar-refractivity contribution in [1.82, 2.24) is 9.78 Å². The van der Waals surface area contributed by atoms with Crippen LogP contribution in [-0.4, -0.2) is 15.7 Å². The highest BCUT2D eigenvalue weighted by Gasteiger charge is 2.11. The van der Waals surface area contributed by atoms with Gasteiger partial charge in [-0.25, -0.2) is 4.68 Å². The minimum absolute atomic E-state index is 0.00332. The molecule has 4 nitrogen and oxygen atoms in total. The Morgan fingerprint density at radius 1 is 1.26 bits per heavy atom. The predicted octanol–water partition coefficient (Wildman–Crippen LogP) is 4.03. The van der Waals surface area contributed by atoms with Gasteiger partial charge in [-0.1, -0.05) is 34.8 Å². The van der Waals surface area contributed by atoms with E-state index in [4.69, 9.17) is 39.5 Å². The van der Waals surface area contributed by atoms with E-state index in [2.05, 4.69) is 5.10 Å². The molecule has 0 atom stereocenters. The van der Waals surface area contributed by atoms with Crippen LogP contribution in [-0.2, 0) is 16.3 Å². The first-order valence-corrected chi connectivity index (χ1v) is 6.42. The van der Waals surface area contributed by atoms with Crippen molar-refractivity contribution in [2.45, 2.75) is 13.7 Å². The predicted molar refractivity (Wildman–Crippen MR) is 74.5 cm³/mol. The molecule has 7 heteroatoms. The van der Waals surface area contributed by atoms with Gasteiger partial charge < -0.3 is 4.74 Å². The highest BCUT2D eigenvalue weighted by Crippen LogP contribution is 2.30. The van der Waals surface area contributed by atoms with Gasteiger partial charge in [0.25, 0.3) is 0 Å². The van der Waals surface area contributed by atoms with Crippen LogP contribution in [0.25, 0.3) is 11.3 Å². The zero-order valence-corrected chi connectivity index (χ0v) is 12.1. The van der Waals surface area contributed by atoms with Crippen LogP contribution in [0.4, 0.5) is 0 Å². The number of halogens is 3. The summed E-state index contributed by atoms with van der Waals surface area (Å²) in [5, 5.41) is 5.63. The summed E-state index contributed by atoms with van der Waals surface area (Å²) in [6.45, 7) is 1.33. The first-order valence-electron chi connectivity index (χ1n) is 5.28. The largest absolute Gasteiger partial charge is 0.443 e. The molecule has 100 valence electrons. The molecule has 0 amide bonds. The number of aromatic nitrogens is 2. The molecule has 19 heavy (non-hydrogen) atoms. The molecule has 0 saturated carbocycles. The van der Waals surface area contributed by atoms with Crippen molar-refractivity contribution in [2.24, 2.45) is 0 Å². The van der Waals surface area contributed by atoms with Crippen LogP contribution in [0, 0.1) is 0 Å². The number of carbonyl (C=O) groups excluding carboxylic acids is 1. The monoisotopic (exact) mass is 318 g/mol. The van der Waals surface area contributed by atoms with E-state index in [0.29, 0.717) is 26.3 Å². The van der Waals surface area contributed by atoms with Gasteiger partial charge in [-0.05, 0) is 18.2 Å². The lowest BCUT2D eigenvalue weighted by atomic mass is 10.1. The quantitative estimate of drug-likeness (QED) is 0.802. The third-order valence-corrected chi connectivity index (χ3v) is 2.97. The number of esters is 1. The highest BCUT2D eigenvalue weighted by atomic mass is 35.5. The molecule has 2 aromatic rings. The first kappa shape index (κ1) is 14.2. The summed E-state index contributed by atoms with van der Waals surface area (Å²) in [6.07, 6.45) is 1.56.